The number of thioether (sulfide) groups is 1. The Balaban J connectivity index is 2.00. The average Bonchev–Trinajstić information content (AvgIpc) is 1.72. The van der Waals surface area contributed by atoms with E-state index in [1.165, 1.54) is 0 Å². The fourth-order valence-electron chi connectivity index (χ4n) is 0.328. The van der Waals surface area contributed by atoms with E-state index in [9.17, 15) is 0 Å². The number of rotatable bonds is 0. The van der Waals surface area contributed by atoms with Gasteiger partial charge in [-0.3, -0.25) is 5.32 Å². The van der Waals surface area contributed by atoms with E-state index in [0.29, 0.717) is 0 Å². The highest BCUT2D eigenvalue weighted by Gasteiger charge is 1.93. The Bertz CT molecular complexity index is 26.3. The lowest BCUT2D eigenvalue weighted by atomic mass is 11.1. The summed E-state index contributed by atoms with van der Waals surface area (Å²) in [7, 11) is 0. The zero-order chi connectivity index (χ0) is 4.24. The summed E-state index contributed by atoms with van der Waals surface area (Å²) in [6.45, 7) is 0.729. The molecule has 1 N–H and O–H groups in total. The van der Waals surface area contributed by atoms with Gasteiger partial charge in [-0.05, 0) is 0 Å². The first-order valence-corrected chi connectivity index (χ1v) is 3.02. The third kappa shape index (κ3) is 1.16. The van der Waals surface area contributed by atoms with Crippen LogP contribution < -0.4 is 5.32 Å². The Kier molecular flexibility index (Phi) is 1.80. The maximum absolute atomic E-state index is 4.92. The molecular formula is C3H7NOS. The molecule has 0 radical (unpaired) electrons. The van der Waals surface area contributed by atoms with Gasteiger partial charge in [-0.1, -0.05) is 0 Å². The van der Waals surface area contributed by atoms with E-state index in [-0.39, 0.29) is 0 Å². The topological polar surface area (TPSA) is 21.3 Å². The van der Waals surface area contributed by atoms with Crippen molar-refractivity contribution in [2.75, 3.05) is 18.5 Å². The minimum atomic E-state index is 0.729. The van der Waals surface area contributed by atoms with Gasteiger partial charge >= 0.3 is 0 Å². The largest absolute Gasteiger partial charge is 0.356 e. The molecule has 0 atom stereocenters. The standard InChI is InChI=1S/C3H7NOS/c1-4-2-6-3-5-1/h4H,1-3H2. The van der Waals surface area contributed by atoms with Crippen LogP contribution in [0.4, 0.5) is 0 Å². The van der Waals surface area contributed by atoms with Gasteiger partial charge in [-0.2, -0.15) is 0 Å². The molecule has 2 nitrogen and oxygen atoms in total. The van der Waals surface area contributed by atoms with E-state index in [4.69, 9.17) is 4.74 Å². The average molecular weight is 105 g/mol. The molecule has 0 bridgehead atoms. The predicted octanol–water partition coefficient (Wildman–Crippen LogP) is 0.212. The van der Waals surface area contributed by atoms with Crippen LogP contribution in [-0.4, -0.2) is 18.5 Å². The van der Waals surface area contributed by atoms with E-state index >= 15 is 0 Å². The molecule has 1 aliphatic rings. The highest BCUT2D eigenvalue weighted by Crippen LogP contribution is 1.99. The summed E-state index contributed by atoms with van der Waals surface area (Å²) >= 11 is 1.76. The van der Waals surface area contributed by atoms with Gasteiger partial charge < -0.3 is 4.74 Å². The molecule has 0 aromatic rings. The van der Waals surface area contributed by atoms with Gasteiger partial charge in [0.15, 0.2) is 0 Å². The van der Waals surface area contributed by atoms with Crippen molar-refractivity contribution in [1.82, 2.24) is 5.32 Å². The molecule has 0 spiro atoms. The summed E-state index contributed by atoms with van der Waals surface area (Å²) in [5, 5.41) is 3.03. The van der Waals surface area contributed by atoms with Crippen LogP contribution in [0, 0.1) is 0 Å². The van der Waals surface area contributed by atoms with E-state index in [2.05, 4.69) is 5.32 Å². The Morgan fingerprint density at radius 2 is 2.67 bits per heavy atom. The lowest BCUT2D eigenvalue weighted by Gasteiger charge is -2.10. The Labute approximate surface area is 41.2 Å². The van der Waals surface area contributed by atoms with E-state index in [1.54, 1.807) is 11.8 Å². The van der Waals surface area contributed by atoms with Gasteiger partial charge in [0.25, 0.3) is 0 Å². The molecule has 1 saturated heterocycles. The number of nitrogens with one attached hydrogen (secondary N) is 1. The second-order valence-corrected chi connectivity index (χ2v) is 2.00. The molecule has 0 aromatic heterocycles. The molecule has 1 heterocycles. The maximum Gasteiger partial charge on any atom is 0.0983 e. The molecular weight excluding hydrogens is 98.1 g/mol. The van der Waals surface area contributed by atoms with Gasteiger partial charge in [-0.15, -0.1) is 11.8 Å². The predicted molar refractivity (Wildman–Crippen MR) is 26.4 cm³/mol. The van der Waals surface area contributed by atoms with Gasteiger partial charge in [-0.25, -0.2) is 0 Å². The zero-order valence-electron chi connectivity index (χ0n) is 3.44. The summed E-state index contributed by atoms with van der Waals surface area (Å²) in [4.78, 5) is 0. The van der Waals surface area contributed by atoms with Crippen molar-refractivity contribution >= 4 is 11.8 Å². The minimum Gasteiger partial charge on any atom is -0.356 e. The first-order valence-electron chi connectivity index (χ1n) is 1.86. The fraction of sp³-hybridized carbons (Fsp3) is 1.00. The van der Waals surface area contributed by atoms with Crippen molar-refractivity contribution in [1.29, 1.82) is 0 Å². The van der Waals surface area contributed by atoms with Crippen LogP contribution in [0.1, 0.15) is 0 Å². The minimum absolute atomic E-state index is 0.729. The van der Waals surface area contributed by atoms with Gasteiger partial charge in [0, 0.05) is 5.88 Å². The Morgan fingerprint density at radius 1 is 1.67 bits per heavy atom. The number of hydrogen-bond acceptors (Lipinski definition) is 3. The summed E-state index contributed by atoms with van der Waals surface area (Å²) in [6, 6.07) is 0. The van der Waals surface area contributed by atoms with Crippen molar-refractivity contribution < 1.29 is 4.74 Å². The van der Waals surface area contributed by atoms with Crippen molar-refractivity contribution in [3.8, 4) is 0 Å². The Hall–Kier alpha value is 0.270. The normalized spacial score (nSPS) is 24.0. The smallest absolute Gasteiger partial charge is 0.0983 e. The summed E-state index contributed by atoms with van der Waals surface area (Å²) < 4.78 is 4.92. The SMILES string of the molecule is C1NCSCO1. The highest BCUT2D eigenvalue weighted by atomic mass is 32.2. The monoisotopic (exact) mass is 105 g/mol. The molecule has 0 amide bonds. The van der Waals surface area contributed by atoms with Crippen LogP contribution in [0.15, 0.2) is 0 Å². The van der Waals surface area contributed by atoms with E-state index in [0.717, 1.165) is 18.5 Å². The van der Waals surface area contributed by atoms with Gasteiger partial charge in [0.05, 0.1) is 12.7 Å². The van der Waals surface area contributed by atoms with Crippen molar-refractivity contribution in [3.05, 3.63) is 0 Å². The van der Waals surface area contributed by atoms with Crippen LogP contribution in [-0.2, 0) is 4.74 Å². The summed E-state index contributed by atoms with van der Waals surface area (Å²) in [5.41, 5.74) is 0. The molecule has 1 rings (SSSR count). The first-order chi connectivity index (χ1) is 3.00. The van der Waals surface area contributed by atoms with E-state index < -0.39 is 0 Å². The van der Waals surface area contributed by atoms with Gasteiger partial charge in [0.1, 0.15) is 0 Å². The lowest BCUT2D eigenvalue weighted by molar-refractivity contribution is 0.157. The van der Waals surface area contributed by atoms with Crippen LogP contribution in [0.25, 0.3) is 0 Å². The lowest BCUT2D eigenvalue weighted by Crippen LogP contribution is -2.22. The Morgan fingerprint density at radius 3 is 2.83 bits per heavy atom. The molecule has 1 aliphatic heterocycles. The van der Waals surface area contributed by atoms with Crippen LogP contribution in [0.3, 0.4) is 0 Å². The molecule has 36 valence electrons. The second kappa shape index (κ2) is 2.44. The molecule has 0 aromatic carbocycles. The molecule has 0 aliphatic carbocycles. The fourth-order valence-corrected chi connectivity index (χ4v) is 0.840. The van der Waals surface area contributed by atoms with Crippen molar-refractivity contribution in [2.24, 2.45) is 0 Å². The molecule has 6 heavy (non-hydrogen) atoms. The van der Waals surface area contributed by atoms with Gasteiger partial charge in [0.2, 0.25) is 0 Å². The first kappa shape index (κ1) is 4.43. The second-order valence-electron chi connectivity index (χ2n) is 1.06. The van der Waals surface area contributed by atoms with Crippen LogP contribution >= 0.6 is 11.8 Å². The molecule has 3 heteroatoms. The summed E-state index contributed by atoms with van der Waals surface area (Å²) in [6.07, 6.45) is 0. The quantitative estimate of drug-likeness (QED) is 0.476. The summed E-state index contributed by atoms with van der Waals surface area (Å²) in [5.74, 6) is 1.90. The van der Waals surface area contributed by atoms with Crippen molar-refractivity contribution in [2.45, 2.75) is 0 Å². The van der Waals surface area contributed by atoms with Crippen LogP contribution in [0.5, 0.6) is 0 Å². The maximum atomic E-state index is 4.92. The molecule has 0 unspecified atom stereocenters. The van der Waals surface area contributed by atoms with E-state index in [1.807, 2.05) is 0 Å². The van der Waals surface area contributed by atoms with Crippen molar-refractivity contribution in [3.63, 3.8) is 0 Å². The molecule has 1 fully saturated rings. The molecule has 0 saturated carbocycles. The zero-order valence-corrected chi connectivity index (χ0v) is 4.25. The number of ether oxygens (including phenoxy) is 1. The van der Waals surface area contributed by atoms with Crippen LogP contribution in [0.2, 0.25) is 0 Å². The third-order valence-electron chi connectivity index (χ3n) is 0.575. The number of hydrogen-bond donors (Lipinski definition) is 1. The highest BCUT2D eigenvalue weighted by molar-refractivity contribution is 7.99. The third-order valence-corrected chi connectivity index (χ3v) is 1.32.